The summed E-state index contributed by atoms with van der Waals surface area (Å²) in [4.78, 5) is 16.7. The molecule has 0 radical (unpaired) electrons. The summed E-state index contributed by atoms with van der Waals surface area (Å²) in [6.07, 6.45) is 1.26. The number of nitrogens with one attached hydrogen (secondary N) is 1. The van der Waals surface area contributed by atoms with Crippen LogP contribution in [0.1, 0.15) is 27.2 Å². The van der Waals surface area contributed by atoms with Crippen LogP contribution in [0.15, 0.2) is 0 Å². The fraction of sp³-hybridized carbons (Fsp3) is 0.929. The fourth-order valence-corrected chi connectivity index (χ4v) is 3.40. The number of amides is 1. The molecule has 0 aromatic carbocycles. The first kappa shape index (κ1) is 15.1. The molecule has 0 spiro atoms. The monoisotopic (exact) mass is 285 g/mol. The maximum absolute atomic E-state index is 12.1. The number of thioether (sulfide) groups is 1. The van der Waals surface area contributed by atoms with Crippen LogP contribution in [0.3, 0.4) is 0 Å². The summed E-state index contributed by atoms with van der Waals surface area (Å²) in [5, 5.41) is 3.41. The predicted octanol–water partition coefficient (Wildman–Crippen LogP) is 1.02. The van der Waals surface area contributed by atoms with Crippen LogP contribution in [-0.2, 0) is 4.79 Å². The molecule has 2 aliphatic rings. The Morgan fingerprint density at radius 1 is 1.26 bits per heavy atom. The lowest BCUT2D eigenvalue weighted by Gasteiger charge is -2.38. The molecular formula is C14H27N3OS. The highest BCUT2D eigenvalue weighted by Crippen LogP contribution is 2.23. The quantitative estimate of drug-likeness (QED) is 0.840. The van der Waals surface area contributed by atoms with Crippen molar-refractivity contribution in [2.24, 2.45) is 0 Å². The Morgan fingerprint density at radius 2 is 1.95 bits per heavy atom. The maximum Gasteiger partial charge on any atom is 0.232 e. The van der Waals surface area contributed by atoms with Gasteiger partial charge < -0.3 is 10.2 Å². The molecule has 0 aromatic rings. The van der Waals surface area contributed by atoms with Crippen molar-refractivity contribution in [1.82, 2.24) is 15.1 Å². The lowest BCUT2D eigenvalue weighted by molar-refractivity contribution is -0.130. The Morgan fingerprint density at radius 3 is 2.47 bits per heavy atom. The number of carbonyl (C=O) groups is 1. The molecule has 0 bridgehead atoms. The van der Waals surface area contributed by atoms with Crippen LogP contribution in [0.4, 0.5) is 0 Å². The van der Waals surface area contributed by atoms with Gasteiger partial charge >= 0.3 is 0 Å². The molecule has 110 valence electrons. The van der Waals surface area contributed by atoms with Gasteiger partial charge in [0.15, 0.2) is 0 Å². The van der Waals surface area contributed by atoms with Gasteiger partial charge in [-0.05, 0) is 13.0 Å². The molecule has 2 fully saturated rings. The van der Waals surface area contributed by atoms with Crippen molar-refractivity contribution in [2.45, 2.75) is 38.0 Å². The number of hydrogen-bond donors (Lipinski definition) is 1. The number of hydrogen-bond acceptors (Lipinski definition) is 4. The Labute approximate surface area is 121 Å². The molecule has 1 amide bonds. The van der Waals surface area contributed by atoms with E-state index in [0.717, 1.165) is 39.3 Å². The van der Waals surface area contributed by atoms with Gasteiger partial charge in [-0.3, -0.25) is 9.69 Å². The molecule has 0 aliphatic carbocycles. The second-order valence-electron chi connectivity index (χ2n) is 6.46. The fourth-order valence-electron chi connectivity index (χ4n) is 2.66. The van der Waals surface area contributed by atoms with E-state index in [9.17, 15) is 4.79 Å². The van der Waals surface area contributed by atoms with E-state index >= 15 is 0 Å². The number of carbonyl (C=O) groups excluding carboxylic acids is 1. The summed E-state index contributed by atoms with van der Waals surface area (Å²) in [6.45, 7) is 12.6. The molecule has 2 aliphatic heterocycles. The minimum Gasteiger partial charge on any atom is -0.339 e. The van der Waals surface area contributed by atoms with Gasteiger partial charge in [0.1, 0.15) is 0 Å². The zero-order chi connectivity index (χ0) is 13.9. The maximum atomic E-state index is 12.1. The molecule has 0 aromatic heterocycles. The molecule has 2 heterocycles. The number of nitrogens with zero attached hydrogens (tertiary/aromatic N) is 2. The topological polar surface area (TPSA) is 35.6 Å². The molecule has 5 heteroatoms. The lowest BCUT2D eigenvalue weighted by atomic mass is 10.2. The molecule has 0 saturated carbocycles. The molecule has 2 saturated heterocycles. The smallest absolute Gasteiger partial charge is 0.232 e. The molecule has 4 nitrogen and oxygen atoms in total. The van der Waals surface area contributed by atoms with E-state index in [0.29, 0.717) is 17.7 Å². The van der Waals surface area contributed by atoms with E-state index in [1.54, 1.807) is 11.8 Å². The van der Waals surface area contributed by atoms with Gasteiger partial charge in [-0.2, -0.15) is 0 Å². The third-order valence-corrected chi connectivity index (χ3v) is 5.10. The van der Waals surface area contributed by atoms with Crippen LogP contribution in [0.25, 0.3) is 0 Å². The highest BCUT2D eigenvalue weighted by atomic mass is 32.2. The predicted molar refractivity (Wildman–Crippen MR) is 81.6 cm³/mol. The first-order chi connectivity index (χ1) is 8.96. The van der Waals surface area contributed by atoms with Crippen molar-refractivity contribution in [3.63, 3.8) is 0 Å². The first-order valence-corrected chi connectivity index (χ1v) is 8.31. The van der Waals surface area contributed by atoms with Crippen molar-refractivity contribution < 1.29 is 4.79 Å². The summed E-state index contributed by atoms with van der Waals surface area (Å²) in [5.41, 5.74) is 0. The summed E-state index contributed by atoms with van der Waals surface area (Å²) < 4.78 is 0.174. The van der Waals surface area contributed by atoms with Crippen molar-refractivity contribution in [3.8, 4) is 0 Å². The van der Waals surface area contributed by atoms with Gasteiger partial charge in [0.05, 0.1) is 5.75 Å². The van der Waals surface area contributed by atoms with Crippen LogP contribution in [0.5, 0.6) is 0 Å². The Balaban J connectivity index is 1.71. The summed E-state index contributed by atoms with van der Waals surface area (Å²) in [5.74, 6) is 0.929. The highest BCUT2D eigenvalue weighted by molar-refractivity contribution is 8.01. The van der Waals surface area contributed by atoms with Crippen LogP contribution in [0.2, 0.25) is 0 Å². The number of piperazine rings is 1. The average molecular weight is 285 g/mol. The second-order valence-corrected chi connectivity index (χ2v) is 8.27. The Hall–Kier alpha value is -0.260. The lowest BCUT2D eigenvalue weighted by Crippen LogP contribution is -2.52. The van der Waals surface area contributed by atoms with Gasteiger partial charge in [0.2, 0.25) is 5.91 Å². The Bertz CT molecular complexity index is 302. The normalized spacial score (nSPS) is 25.8. The molecule has 1 unspecified atom stereocenters. The average Bonchev–Trinajstić information content (AvgIpc) is 2.89. The van der Waals surface area contributed by atoms with E-state index in [1.165, 1.54) is 6.42 Å². The minimum atomic E-state index is 0.174. The molecule has 1 atom stereocenters. The third-order valence-electron chi connectivity index (χ3n) is 3.85. The summed E-state index contributed by atoms with van der Waals surface area (Å²) >= 11 is 1.75. The van der Waals surface area contributed by atoms with Gasteiger partial charge in [0, 0.05) is 43.5 Å². The van der Waals surface area contributed by atoms with Gasteiger partial charge in [-0.1, -0.05) is 20.8 Å². The molecule has 2 rings (SSSR count). The third kappa shape index (κ3) is 4.65. The summed E-state index contributed by atoms with van der Waals surface area (Å²) in [6, 6.07) is 0.696. The first-order valence-electron chi connectivity index (χ1n) is 7.32. The van der Waals surface area contributed by atoms with E-state index < -0.39 is 0 Å². The van der Waals surface area contributed by atoms with Crippen LogP contribution < -0.4 is 5.32 Å². The van der Waals surface area contributed by atoms with Crippen LogP contribution in [-0.4, -0.2) is 71.5 Å². The van der Waals surface area contributed by atoms with Gasteiger partial charge in [-0.15, -0.1) is 11.8 Å². The number of rotatable bonds is 3. The highest BCUT2D eigenvalue weighted by Gasteiger charge is 2.28. The second kappa shape index (κ2) is 6.46. The van der Waals surface area contributed by atoms with Crippen molar-refractivity contribution in [1.29, 1.82) is 0 Å². The van der Waals surface area contributed by atoms with E-state index in [1.807, 2.05) is 4.90 Å². The van der Waals surface area contributed by atoms with Gasteiger partial charge in [0.25, 0.3) is 0 Å². The molecule has 1 N–H and O–H groups in total. The Kier molecular flexibility index (Phi) is 5.15. The molecule has 19 heavy (non-hydrogen) atoms. The zero-order valence-electron chi connectivity index (χ0n) is 12.4. The van der Waals surface area contributed by atoms with Crippen LogP contribution in [0, 0.1) is 0 Å². The van der Waals surface area contributed by atoms with Gasteiger partial charge in [-0.25, -0.2) is 0 Å². The zero-order valence-corrected chi connectivity index (χ0v) is 13.3. The SMILES string of the molecule is CC(C)(C)SCC(=O)N1CCN(C2CCNC2)CC1. The van der Waals surface area contributed by atoms with Crippen molar-refractivity contribution in [3.05, 3.63) is 0 Å². The van der Waals surface area contributed by atoms with E-state index in [-0.39, 0.29) is 4.75 Å². The summed E-state index contributed by atoms with van der Waals surface area (Å²) in [7, 11) is 0. The largest absolute Gasteiger partial charge is 0.339 e. The standard InChI is InChI=1S/C14H27N3OS/c1-14(2,3)19-11-13(18)17-8-6-16(7-9-17)12-4-5-15-10-12/h12,15H,4-11H2,1-3H3. The minimum absolute atomic E-state index is 0.174. The van der Waals surface area contributed by atoms with Crippen molar-refractivity contribution >= 4 is 17.7 Å². The van der Waals surface area contributed by atoms with Crippen LogP contribution >= 0.6 is 11.8 Å². The van der Waals surface area contributed by atoms with E-state index in [2.05, 4.69) is 31.0 Å². The van der Waals surface area contributed by atoms with E-state index in [4.69, 9.17) is 0 Å². The molecular weight excluding hydrogens is 258 g/mol. The van der Waals surface area contributed by atoms with Crippen molar-refractivity contribution in [2.75, 3.05) is 45.0 Å².